The lowest BCUT2D eigenvalue weighted by Gasteiger charge is -2.11. The molecule has 2 N–H and O–H groups in total. The fourth-order valence-electron chi connectivity index (χ4n) is 1.61. The van der Waals surface area contributed by atoms with Gasteiger partial charge in [0.15, 0.2) is 0 Å². The van der Waals surface area contributed by atoms with Crippen LogP contribution in [0.25, 0.3) is 0 Å². The Bertz CT molecular complexity index is 750. The average Bonchev–Trinajstić information content (AvgIpc) is 2.45. The SMILES string of the molecule is O=C(Nc1ccc(Cl)c(Cl)c1)Nc1cc(C(=O)[O-])ccc1Cl. The molecule has 0 saturated carbocycles. The first kappa shape index (κ1) is 16.4. The molecule has 114 valence electrons. The molecule has 0 saturated heterocycles. The number of urea groups is 1. The van der Waals surface area contributed by atoms with E-state index in [0.29, 0.717) is 10.7 Å². The Labute approximate surface area is 140 Å². The molecule has 0 unspecified atom stereocenters. The van der Waals surface area contributed by atoms with Crippen LogP contribution >= 0.6 is 34.8 Å². The second-order valence-electron chi connectivity index (χ2n) is 4.19. The van der Waals surface area contributed by atoms with E-state index in [2.05, 4.69) is 10.6 Å². The molecule has 0 bridgehead atoms. The second kappa shape index (κ2) is 6.87. The fourth-order valence-corrected chi connectivity index (χ4v) is 2.07. The van der Waals surface area contributed by atoms with Gasteiger partial charge in [0.25, 0.3) is 0 Å². The molecule has 0 spiro atoms. The number of benzene rings is 2. The first-order valence-corrected chi connectivity index (χ1v) is 7.04. The van der Waals surface area contributed by atoms with Crippen LogP contribution in [-0.4, -0.2) is 12.0 Å². The van der Waals surface area contributed by atoms with Gasteiger partial charge in [-0.15, -0.1) is 0 Å². The molecule has 0 aromatic heterocycles. The van der Waals surface area contributed by atoms with E-state index in [4.69, 9.17) is 34.8 Å². The Morgan fingerprint density at radius 3 is 2.18 bits per heavy atom. The summed E-state index contributed by atoms with van der Waals surface area (Å²) in [4.78, 5) is 22.7. The second-order valence-corrected chi connectivity index (χ2v) is 5.41. The minimum absolute atomic E-state index is 0.103. The first-order valence-electron chi connectivity index (χ1n) is 5.91. The van der Waals surface area contributed by atoms with Gasteiger partial charge in [-0.05, 0) is 35.9 Å². The van der Waals surface area contributed by atoms with Crippen molar-refractivity contribution in [3.05, 3.63) is 57.0 Å². The highest BCUT2D eigenvalue weighted by atomic mass is 35.5. The molecule has 0 fully saturated rings. The number of hydrogen-bond acceptors (Lipinski definition) is 3. The normalized spacial score (nSPS) is 10.1. The third-order valence-electron chi connectivity index (χ3n) is 2.63. The zero-order valence-electron chi connectivity index (χ0n) is 10.8. The lowest BCUT2D eigenvalue weighted by Crippen LogP contribution is -2.23. The summed E-state index contributed by atoms with van der Waals surface area (Å²) in [6, 6.07) is 7.78. The summed E-state index contributed by atoms with van der Waals surface area (Å²) in [6.07, 6.45) is 0. The van der Waals surface area contributed by atoms with E-state index in [1.165, 1.54) is 30.3 Å². The fraction of sp³-hybridized carbons (Fsp3) is 0. The highest BCUT2D eigenvalue weighted by Crippen LogP contribution is 2.26. The number of amides is 2. The maximum absolute atomic E-state index is 11.9. The number of carbonyl (C=O) groups is 2. The molecule has 2 aromatic carbocycles. The van der Waals surface area contributed by atoms with Crippen LogP contribution in [0.4, 0.5) is 16.2 Å². The van der Waals surface area contributed by atoms with Crippen molar-refractivity contribution in [1.82, 2.24) is 0 Å². The van der Waals surface area contributed by atoms with E-state index >= 15 is 0 Å². The van der Waals surface area contributed by atoms with Crippen molar-refractivity contribution in [3.63, 3.8) is 0 Å². The average molecular weight is 359 g/mol. The zero-order valence-corrected chi connectivity index (χ0v) is 13.1. The van der Waals surface area contributed by atoms with Crippen molar-refractivity contribution < 1.29 is 14.7 Å². The number of nitrogens with one attached hydrogen (secondary N) is 2. The van der Waals surface area contributed by atoms with Gasteiger partial charge >= 0.3 is 6.03 Å². The summed E-state index contributed by atoms with van der Waals surface area (Å²) in [7, 11) is 0. The zero-order chi connectivity index (χ0) is 16.3. The van der Waals surface area contributed by atoms with Crippen molar-refractivity contribution in [2.24, 2.45) is 0 Å². The van der Waals surface area contributed by atoms with E-state index in [0.717, 1.165) is 0 Å². The summed E-state index contributed by atoms with van der Waals surface area (Å²) in [5.41, 5.74) is 0.453. The Hall–Kier alpha value is -1.95. The van der Waals surface area contributed by atoms with Crippen molar-refractivity contribution in [2.75, 3.05) is 10.6 Å². The van der Waals surface area contributed by atoms with Gasteiger partial charge in [-0.3, -0.25) is 0 Å². The van der Waals surface area contributed by atoms with Crippen LogP contribution in [0.2, 0.25) is 15.1 Å². The molecule has 0 heterocycles. The predicted octanol–water partition coefficient (Wildman–Crippen LogP) is 3.65. The highest BCUT2D eigenvalue weighted by Gasteiger charge is 2.08. The Balaban J connectivity index is 2.13. The van der Waals surface area contributed by atoms with Crippen molar-refractivity contribution in [1.29, 1.82) is 0 Å². The standard InChI is InChI=1S/C14H9Cl3N2O3/c15-9-4-2-8(6-11(9)17)18-14(22)19-12-5-7(13(20)21)1-3-10(12)16/h1-6H,(H,20,21)(H2,18,19,22)/p-1. The summed E-state index contributed by atoms with van der Waals surface area (Å²) in [5, 5.41) is 16.6. The minimum atomic E-state index is -1.37. The van der Waals surface area contributed by atoms with Gasteiger partial charge in [0, 0.05) is 5.69 Å². The van der Waals surface area contributed by atoms with E-state index in [9.17, 15) is 14.7 Å². The number of anilines is 2. The molecule has 8 heteroatoms. The molecular formula is C14H8Cl3N2O3-. The molecule has 0 atom stereocenters. The number of carbonyl (C=O) groups excluding carboxylic acids is 2. The third kappa shape index (κ3) is 4.04. The monoisotopic (exact) mass is 357 g/mol. The van der Waals surface area contributed by atoms with Crippen molar-refractivity contribution >= 4 is 58.2 Å². The highest BCUT2D eigenvalue weighted by molar-refractivity contribution is 6.42. The van der Waals surface area contributed by atoms with Gasteiger partial charge in [-0.2, -0.15) is 0 Å². The van der Waals surface area contributed by atoms with Crippen molar-refractivity contribution in [3.8, 4) is 0 Å². The number of carboxylic acid groups (broad SMARTS) is 1. The Kier molecular flexibility index (Phi) is 5.13. The van der Waals surface area contributed by atoms with E-state index in [-0.39, 0.29) is 21.3 Å². The number of hydrogen-bond donors (Lipinski definition) is 2. The van der Waals surface area contributed by atoms with E-state index in [1.807, 2.05) is 0 Å². The van der Waals surface area contributed by atoms with E-state index in [1.54, 1.807) is 6.07 Å². The molecule has 0 radical (unpaired) electrons. The first-order chi connectivity index (χ1) is 10.4. The van der Waals surface area contributed by atoms with E-state index < -0.39 is 12.0 Å². The molecule has 22 heavy (non-hydrogen) atoms. The summed E-state index contributed by atoms with van der Waals surface area (Å²) in [5.74, 6) is -1.37. The molecular weight excluding hydrogens is 351 g/mol. The van der Waals surface area contributed by atoms with Gasteiger partial charge in [0.2, 0.25) is 0 Å². The van der Waals surface area contributed by atoms with Gasteiger partial charge < -0.3 is 20.5 Å². The summed E-state index contributed by atoms with van der Waals surface area (Å²) >= 11 is 17.5. The number of rotatable bonds is 3. The summed E-state index contributed by atoms with van der Waals surface area (Å²) in [6.45, 7) is 0. The molecule has 2 aromatic rings. The number of halogens is 3. The molecule has 2 amide bonds. The topological polar surface area (TPSA) is 81.3 Å². The molecule has 2 rings (SSSR count). The number of carboxylic acids is 1. The van der Waals surface area contributed by atoms with Crippen LogP contribution in [0.15, 0.2) is 36.4 Å². The van der Waals surface area contributed by atoms with Gasteiger partial charge in [-0.25, -0.2) is 4.79 Å². The number of aromatic carboxylic acids is 1. The van der Waals surface area contributed by atoms with Crippen LogP contribution in [0.3, 0.4) is 0 Å². The lowest BCUT2D eigenvalue weighted by atomic mass is 10.2. The molecule has 0 aliphatic carbocycles. The molecule has 0 aliphatic heterocycles. The van der Waals surface area contributed by atoms with Crippen molar-refractivity contribution in [2.45, 2.75) is 0 Å². The Morgan fingerprint density at radius 2 is 1.55 bits per heavy atom. The predicted molar refractivity (Wildman–Crippen MR) is 84.9 cm³/mol. The maximum Gasteiger partial charge on any atom is 0.323 e. The molecule has 5 nitrogen and oxygen atoms in total. The van der Waals surface area contributed by atoms with Crippen LogP contribution < -0.4 is 15.7 Å². The Morgan fingerprint density at radius 1 is 0.864 bits per heavy atom. The smallest absolute Gasteiger partial charge is 0.323 e. The van der Waals surface area contributed by atoms with Crippen LogP contribution in [0.5, 0.6) is 0 Å². The van der Waals surface area contributed by atoms with Gasteiger partial charge in [0.05, 0.1) is 26.7 Å². The van der Waals surface area contributed by atoms with Gasteiger partial charge in [-0.1, -0.05) is 40.9 Å². The van der Waals surface area contributed by atoms with Gasteiger partial charge in [0.1, 0.15) is 0 Å². The lowest BCUT2D eigenvalue weighted by molar-refractivity contribution is -0.255. The largest absolute Gasteiger partial charge is 0.545 e. The maximum atomic E-state index is 11.9. The quantitative estimate of drug-likeness (QED) is 0.878. The van der Waals surface area contributed by atoms with Crippen LogP contribution in [0.1, 0.15) is 10.4 Å². The molecule has 0 aliphatic rings. The van der Waals surface area contributed by atoms with Crippen LogP contribution in [-0.2, 0) is 0 Å². The third-order valence-corrected chi connectivity index (χ3v) is 3.70. The van der Waals surface area contributed by atoms with Crippen LogP contribution in [0, 0.1) is 0 Å². The minimum Gasteiger partial charge on any atom is -0.545 e. The summed E-state index contributed by atoms with van der Waals surface area (Å²) < 4.78 is 0.